The smallest absolute Gasteiger partial charge is 0.323 e. The van der Waals surface area contributed by atoms with E-state index in [0.29, 0.717) is 31.7 Å². The highest BCUT2D eigenvalue weighted by Crippen LogP contribution is 2.32. The number of amides is 2. The van der Waals surface area contributed by atoms with Crippen LogP contribution in [0.25, 0.3) is 11.3 Å². The fourth-order valence-electron chi connectivity index (χ4n) is 3.61. The molecule has 0 bridgehead atoms. The average Bonchev–Trinajstić information content (AvgIpc) is 3.23. The van der Waals surface area contributed by atoms with Gasteiger partial charge in [-0.15, -0.1) is 0 Å². The van der Waals surface area contributed by atoms with E-state index in [1.807, 2.05) is 54.6 Å². The van der Waals surface area contributed by atoms with E-state index in [0.717, 1.165) is 22.6 Å². The summed E-state index contributed by atoms with van der Waals surface area (Å²) in [4.78, 5) is 14.3. The molecule has 1 aliphatic rings. The van der Waals surface area contributed by atoms with Crippen LogP contribution in [0.5, 0.6) is 5.75 Å². The van der Waals surface area contributed by atoms with Crippen LogP contribution in [0.1, 0.15) is 18.4 Å². The lowest BCUT2D eigenvalue weighted by molar-refractivity contribution is -0.0157. The van der Waals surface area contributed by atoms with Gasteiger partial charge in [-0.3, -0.25) is 10.4 Å². The van der Waals surface area contributed by atoms with E-state index in [4.69, 9.17) is 4.74 Å². The Balaban J connectivity index is 1.36. The number of urea groups is 1. The lowest BCUT2D eigenvalue weighted by Gasteiger charge is -2.38. The van der Waals surface area contributed by atoms with Crippen LogP contribution in [0.3, 0.4) is 0 Å². The van der Waals surface area contributed by atoms with Crippen molar-refractivity contribution in [3.8, 4) is 17.0 Å². The molecule has 1 fully saturated rings. The number of ether oxygens (including phenoxy) is 1. The van der Waals surface area contributed by atoms with Crippen LogP contribution in [0, 0.1) is 0 Å². The van der Waals surface area contributed by atoms with Crippen LogP contribution in [-0.4, -0.2) is 46.4 Å². The van der Waals surface area contributed by atoms with E-state index in [2.05, 4.69) is 15.5 Å². The normalized spacial score (nSPS) is 15.7. The van der Waals surface area contributed by atoms with Crippen LogP contribution in [0.15, 0.2) is 60.7 Å². The molecule has 0 atom stereocenters. The van der Waals surface area contributed by atoms with Crippen LogP contribution < -0.4 is 10.1 Å². The highest BCUT2D eigenvalue weighted by Gasteiger charge is 2.35. The minimum Gasteiger partial charge on any atom is -0.497 e. The summed E-state index contributed by atoms with van der Waals surface area (Å²) in [5, 5.41) is 20.9. The van der Waals surface area contributed by atoms with Gasteiger partial charge in [0.1, 0.15) is 5.75 Å². The van der Waals surface area contributed by atoms with Crippen molar-refractivity contribution in [1.29, 1.82) is 0 Å². The fraction of sp³-hybridized carbons (Fsp3) is 0.273. The first-order valence-corrected chi connectivity index (χ1v) is 9.61. The Morgan fingerprint density at radius 1 is 1.14 bits per heavy atom. The van der Waals surface area contributed by atoms with Crippen molar-refractivity contribution in [3.05, 3.63) is 66.2 Å². The molecule has 29 heavy (non-hydrogen) atoms. The Bertz CT molecular complexity index is 961. The Labute approximate surface area is 169 Å². The van der Waals surface area contributed by atoms with Gasteiger partial charge in [-0.25, -0.2) is 4.79 Å². The standard InChI is InChI=1S/C22H24N4O3/c1-29-18-9-7-16(8-10-18)19-15-20(25-24-19)23-21(27)26-13-11-22(28,12-14-26)17-5-3-2-4-6-17/h2-10,15,28H,11-14H2,1H3,(H2,23,24,25,27). The first kappa shape index (κ1) is 19.0. The molecule has 7 nitrogen and oxygen atoms in total. The fourth-order valence-corrected chi connectivity index (χ4v) is 3.61. The molecule has 0 spiro atoms. The van der Waals surface area contributed by atoms with E-state index in [1.54, 1.807) is 18.1 Å². The second-order valence-corrected chi connectivity index (χ2v) is 7.21. The Hall–Kier alpha value is -3.32. The topological polar surface area (TPSA) is 90.5 Å². The molecule has 0 unspecified atom stereocenters. The van der Waals surface area contributed by atoms with Crippen molar-refractivity contribution in [3.63, 3.8) is 0 Å². The van der Waals surface area contributed by atoms with E-state index in [1.165, 1.54) is 0 Å². The number of aromatic nitrogens is 2. The maximum atomic E-state index is 12.6. The number of rotatable bonds is 4. The Kier molecular flexibility index (Phi) is 5.22. The summed E-state index contributed by atoms with van der Waals surface area (Å²) < 4.78 is 5.17. The van der Waals surface area contributed by atoms with Gasteiger partial charge in [0, 0.05) is 19.2 Å². The van der Waals surface area contributed by atoms with Crippen molar-refractivity contribution in [1.82, 2.24) is 15.1 Å². The minimum atomic E-state index is -0.883. The van der Waals surface area contributed by atoms with Gasteiger partial charge in [-0.05, 0) is 48.2 Å². The molecule has 2 aromatic carbocycles. The van der Waals surface area contributed by atoms with Crippen molar-refractivity contribution in [2.75, 3.05) is 25.5 Å². The largest absolute Gasteiger partial charge is 0.497 e. The molecule has 0 radical (unpaired) electrons. The first-order valence-electron chi connectivity index (χ1n) is 9.61. The van der Waals surface area contributed by atoms with Gasteiger partial charge >= 0.3 is 6.03 Å². The molecule has 7 heteroatoms. The zero-order valence-corrected chi connectivity index (χ0v) is 16.3. The molecule has 1 aromatic heterocycles. The van der Waals surface area contributed by atoms with Gasteiger partial charge in [0.05, 0.1) is 18.4 Å². The average molecular weight is 392 g/mol. The molecule has 2 amide bonds. The molecule has 3 aromatic rings. The number of piperidine rings is 1. The predicted octanol–water partition coefficient (Wildman–Crippen LogP) is 3.60. The monoisotopic (exact) mass is 392 g/mol. The summed E-state index contributed by atoms with van der Waals surface area (Å²) in [5.41, 5.74) is 1.77. The molecular weight excluding hydrogens is 368 g/mol. The summed E-state index contributed by atoms with van der Waals surface area (Å²) in [5.74, 6) is 1.24. The number of nitrogens with one attached hydrogen (secondary N) is 2. The lowest BCUT2D eigenvalue weighted by Crippen LogP contribution is -2.46. The minimum absolute atomic E-state index is 0.215. The lowest BCUT2D eigenvalue weighted by atomic mass is 9.84. The van der Waals surface area contributed by atoms with Gasteiger partial charge in [0.25, 0.3) is 0 Å². The molecule has 2 heterocycles. The van der Waals surface area contributed by atoms with Crippen molar-refractivity contribution in [2.45, 2.75) is 18.4 Å². The summed E-state index contributed by atoms with van der Waals surface area (Å²) in [6.07, 6.45) is 1.00. The van der Waals surface area contributed by atoms with E-state index in [9.17, 15) is 9.90 Å². The SMILES string of the molecule is COc1ccc(-c2cc(NC(=O)N3CCC(O)(c4ccccc4)CC3)n[nH]2)cc1. The number of carbonyl (C=O) groups excluding carboxylic acids is 1. The third-order valence-corrected chi connectivity index (χ3v) is 5.40. The number of nitrogens with zero attached hydrogens (tertiary/aromatic N) is 2. The number of hydrogen-bond donors (Lipinski definition) is 3. The Morgan fingerprint density at radius 3 is 2.48 bits per heavy atom. The van der Waals surface area contributed by atoms with Crippen molar-refractivity contribution < 1.29 is 14.6 Å². The van der Waals surface area contributed by atoms with E-state index >= 15 is 0 Å². The third kappa shape index (κ3) is 4.09. The van der Waals surface area contributed by atoms with Crippen molar-refractivity contribution >= 4 is 11.8 Å². The first-order chi connectivity index (χ1) is 14.1. The van der Waals surface area contributed by atoms with Gasteiger partial charge in [-0.2, -0.15) is 5.10 Å². The second kappa shape index (κ2) is 7.97. The highest BCUT2D eigenvalue weighted by molar-refractivity contribution is 5.89. The highest BCUT2D eigenvalue weighted by atomic mass is 16.5. The summed E-state index contributed by atoms with van der Waals surface area (Å²) in [7, 11) is 1.63. The van der Waals surface area contributed by atoms with Gasteiger partial charge in [0.2, 0.25) is 0 Å². The third-order valence-electron chi connectivity index (χ3n) is 5.40. The van der Waals surface area contributed by atoms with Crippen LogP contribution >= 0.6 is 0 Å². The zero-order valence-electron chi connectivity index (χ0n) is 16.3. The second-order valence-electron chi connectivity index (χ2n) is 7.21. The molecular formula is C22H24N4O3. The molecule has 3 N–H and O–H groups in total. The molecule has 4 rings (SSSR count). The van der Waals surface area contributed by atoms with Gasteiger partial charge in [0.15, 0.2) is 5.82 Å². The Morgan fingerprint density at radius 2 is 1.83 bits per heavy atom. The van der Waals surface area contributed by atoms with Crippen molar-refractivity contribution in [2.24, 2.45) is 0 Å². The number of methoxy groups -OCH3 is 1. The number of likely N-dealkylation sites (tertiary alicyclic amines) is 1. The summed E-state index contributed by atoms with van der Waals surface area (Å²) in [6.45, 7) is 0.958. The summed E-state index contributed by atoms with van der Waals surface area (Å²) in [6, 6.07) is 18.8. The molecule has 150 valence electrons. The number of H-pyrrole nitrogens is 1. The van der Waals surface area contributed by atoms with Gasteiger partial charge < -0.3 is 14.7 Å². The van der Waals surface area contributed by atoms with E-state index in [-0.39, 0.29) is 6.03 Å². The van der Waals surface area contributed by atoms with Crippen LogP contribution in [0.2, 0.25) is 0 Å². The number of aromatic amines is 1. The quantitative estimate of drug-likeness (QED) is 0.633. The number of hydrogen-bond acceptors (Lipinski definition) is 4. The maximum Gasteiger partial charge on any atom is 0.323 e. The predicted molar refractivity (Wildman–Crippen MR) is 111 cm³/mol. The number of carbonyl (C=O) groups is 1. The van der Waals surface area contributed by atoms with Crippen LogP contribution in [0.4, 0.5) is 10.6 Å². The molecule has 1 aliphatic heterocycles. The number of aliphatic hydroxyl groups is 1. The number of benzene rings is 2. The summed E-state index contributed by atoms with van der Waals surface area (Å²) >= 11 is 0. The number of anilines is 1. The molecule has 1 saturated heterocycles. The molecule has 0 saturated carbocycles. The van der Waals surface area contributed by atoms with Crippen LogP contribution in [-0.2, 0) is 5.60 Å². The van der Waals surface area contributed by atoms with Gasteiger partial charge in [-0.1, -0.05) is 30.3 Å². The van der Waals surface area contributed by atoms with E-state index < -0.39 is 5.60 Å². The molecule has 0 aliphatic carbocycles. The zero-order chi connectivity index (χ0) is 20.3. The maximum absolute atomic E-state index is 12.6.